The third kappa shape index (κ3) is 4.42. The number of fused-ring (bicyclic) bond motifs is 1. The first kappa shape index (κ1) is 19.4. The maximum atomic E-state index is 13.0. The van der Waals surface area contributed by atoms with Crippen LogP contribution in [0.15, 0.2) is 78.9 Å². The summed E-state index contributed by atoms with van der Waals surface area (Å²) in [6.07, 6.45) is 0.701. The standard InChI is InChI=1S/C24H18Cl2N2O/c25-17-7-5-6-16(14-17)12-13-27-24(29)20-15-23(19-9-1-3-10-21(19)26)28-22-11-4-2-8-18(20)22/h1-11,14-15H,12-13H2,(H,27,29). The summed E-state index contributed by atoms with van der Waals surface area (Å²) in [5.74, 6) is -0.140. The number of nitrogens with zero attached hydrogens (tertiary/aromatic N) is 1. The number of carbonyl (C=O) groups is 1. The molecule has 4 rings (SSSR count). The van der Waals surface area contributed by atoms with E-state index in [1.165, 1.54) is 0 Å². The maximum Gasteiger partial charge on any atom is 0.252 e. The molecule has 5 heteroatoms. The van der Waals surface area contributed by atoms with Crippen LogP contribution in [0.25, 0.3) is 22.2 Å². The van der Waals surface area contributed by atoms with E-state index in [0.717, 1.165) is 22.0 Å². The highest BCUT2D eigenvalue weighted by molar-refractivity contribution is 6.33. The fraction of sp³-hybridized carbons (Fsp3) is 0.0833. The van der Waals surface area contributed by atoms with Crippen LogP contribution in [0.2, 0.25) is 10.0 Å². The first-order valence-electron chi connectivity index (χ1n) is 9.29. The van der Waals surface area contributed by atoms with E-state index >= 15 is 0 Å². The van der Waals surface area contributed by atoms with Crippen LogP contribution >= 0.6 is 23.2 Å². The van der Waals surface area contributed by atoms with E-state index in [4.69, 9.17) is 28.2 Å². The second-order valence-corrected chi connectivity index (χ2v) is 7.53. The van der Waals surface area contributed by atoms with Crippen molar-refractivity contribution >= 4 is 40.0 Å². The Kier molecular flexibility index (Phi) is 5.79. The molecular weight excluding hydrogens is 403 g/mol. The molecule has 1 heterocycles. The summed E-state index contributed by atoms with van der Waals surface area (Å²) in [5, 5.41) is 5.11. The quantitative estimate of drug-likeness (QED) is 0.418. The van der Waals surface area contributed by atoms with Gasteiger partial charge >= 0.3 is 0 Å². The predicted molar refractivity (Wildman–Crippen MR) is 120 cm³/mol. The Bertz CT molecular complexity index is 1190. The van der Waals surface area contributed by atoms with Crippen LogP contribution in [-0.4, -0.2) is 17.4 Å². The van der Waals surface area contributed by atoms with Crippen LogP contribution in [0.3, 0.4) is 0 Å². The molecule has 0 atom stereocenters. The van der Waals surface area contributed by atoms with E-state index in [1.807, 2.05) is 72.8 Å². The summed E-state index contributed by atoms with van der Waals surface area (Å²) in [6.45, 7) is 0.511. The first-order chi connectivity index (χ1) is 14.1. The molecule has 0 fully saturated rings. The number of halogens is 2. The predicted octanol–water partition coefficient (Wildman–Crippen LogP) is 6.18. The Hall–Kier alpha value is -2.88. The number of benzene rings is 3. The summed E-state index contributed by atoms with van der Waals surface area (Å²) in [5.41, 5.74) is 3.89. The molecule has 4 aromatic rings. The molecule has 3 aromatic carbocycles. The molecule has 0 unspecified atom stereocenters. The lowest BCUT2D eigenvalue weighted by Gasteiger charge is -2.11. The Morgan fingerprint density at radius 1 is 0.897 bits per heavy atom. The van der Waals surface area contributed by atoms with Crippen molar-refractivity contribution < 1.29 is 4.79 Å². The summed E-state index contributed by atoms with van der Waals surface area (Å²) in [6, 6.07) is 24.6. The second kappa shape index (κ2) is 8.64. The van der Waals surface area contributed by atoms with Gasteiger partial charge in [-0.25, -0.2) is 4.98 Å². The highest BCUT2D eigenvalue weighted by Crippen LogP contribution is 2.29. The van der Waals surface area contributed by atoms with Crippen LogP contribution in [0.5, 0.6) is 0 Å². The van der Waals surface area contributed by atoms with Crippen molar-refractivity contribution in [3.05, 3.63) is 100 Å². The van der Waals surface area contributed by atoms with Crippen molar-refractivity contribution in [3.8, 4) is 11.3 Å². The number of aromatic nitrogens is 1. The molecule has 0 aliphatic carbocycles. The van der Waals surface area contributed by atoms with E-state index < -0.39 is 0 Å². The fourth-order valence-corrected chi connectivity index (χ4v) is 3.72. The Morgan fingerprint density at radius 2 is 1.69 bits per heavy atom. The number of amides is 1. The normalized spacial score (nSPS) is 10.8. The number of hydrogen-bond acceptors (Lipinski definition) is 2. The average Bonchev–Trinajstić information content (AvgIpc) is 2.73. The molecular formula is C24H18Cl2N2O. The van der Waals surface area contributed by atoms with Gasteiger partial charge in [0.15, 0.2) is 0 Å². The minimum Gasteiger partial charge on any atom is -0.352 e. The first-order valence-corrected chi connectivity index (χ1v) is 10.0. The highest BCUT2D eigenvalue weighted by Gasteiger charge is 2.15. The number of para-hydroxylation sites is 1. The van der Waals surface area contributed by atoms with Gasteiger partial charge in [0, 0.05) is 27.5 Å². The van der Waals surface area contributed by atoms with Gasteiger partial charge in [-0.2, -0.15) is 0 Å². The van der Waals surface area contributed by atoms with Gasteiger partial charge in [0.1, 0.15) is 0 Å². The summed E-state index contributed by atoms with van der Waals surface area (Å²) in [7, 11) is 0. The molecule has 0 spiro atoms. The SMILES string of the molecule is O=C(NCCc1cccc(Cl)c1)c1cc(-c2ccccc2Cl)nc2ccccc12. The molecule has 0 radical (unpaired) electrons. The average molecular weight is 421 g/mol. The van der Waals surface area contributed by atoms with Crippen LogP contribution in [0.4, 0.5) is 0 Å². The Morgan fingerprint density at radius 3 is 2.52 bits per heavy atom. The van der Waals surface area contributed by atoms with Gasteiger partial charge in [0.05, 0.1) is 16.8 Å². The minimum absolute atomic E-state index is 0.140. The lowest BCUT2D eigenvalue weighted by atomic mass is 10.0. The largest absolute Gasteiger partial charge is 0.352 e. The third-order valence-electron chi connectivity index (χ3n) is 4.70. The van der Waals surface area contributed by atoms with Crippen LogP contribution in [0, 0.1) is 0 Å². The van der Waals surface area contributed by atoms with E-state index in [1.54, 1.807) is 6.07 Å². The molecule has 3 nitrogen and oxygen atoms in total. The summed E-state index contributed by atoms with van der Waals surface area (Å²) < 4.78 is 0. The molecule has 1 N–H and O–H groups in total. The van der Waals surface area contributed by atoms with E-state index in [2.05, 4.69) is 5.32 Å². The number of pyridine rings is 1. The molecule has 0 saturated heterocycles. The number of hydrogen-bond donors (Lipinski definition) is 1. The second-order valence-electron chi connectivity index (χ2n) is 6.69. The van der Waals surface area contributed by atoms with Crippen molar-refractivity contribution in [1.82, 2.24) is 10.3 Å². The fourth-order valence-electron chi connectivity index (χ4n) is 3.28. The van der Waals surface area contributed by atoms with Crippen LogP contribution in [-0.2, 0) is 6.42 Å². The van der Waals surface area contributed by atoms with Gasteiger partial charge < -0.3 is 5.32 Å². The molecule has 1 aromatic heterocycles. The lowest BCUT2D eigenvalue weighted by molar-refractivity contribution is 0.0956. The van der Waals surface area contributed by atoms with Crippen molar-refractivity contribution in [1.29, 1.82) is 0 Å². The van der Waals surface area contributed by atoms with Crippen LogP contribution in [0.1, 0.15) is 15.9 Å². The summed E-state index contributed by atoms with van der Waals surface area (Å²) >= 11 is 12.4. The number of carbonyl (C=O) groups excluding carboxylic acids is 1. The van der Waals surface area contributed by atoms with Gasteiger partial charge in [-0.15, -0.1) is 0 Å². The maximum absolute atomic E-state index is 13.0. The monoisotopic (exact) mass is 420 g/mol. The van der Waals surface area contributed by atoms with Crippen molar-refractivity contribution in [2.24, 2.45) is 0 Å². The molecule has 0 bridgehead atoms. The third-order valence-corrected chi connectivity index (χ3v) is 5.26. The molecule has 0 aliphatic heterocycles. The lowest BCUT2D eigenvalue weighted by Crippen LogP contribution is -2.26. The van der Waals surface area contributed by atoms with Gasteiger partial charge in [-0.1, -0.05) is 71.7 Å². The van der Waals surface area contributed by atoms with Gasteiger partial charge in [0.25, 0.3) is 5.91 Å². The number of rotatable bonds is 5. The Balaban J connectivity index is 1.63. The molecule has 1 amide bonds. The Labute approximate surface area is 179 Å². The van der Waals surface area contributed by atoms with Crippen molar-refractivity contribution in [2.45, 2.75) is 6.42 Å². The topological polar surface area (TPSA) is 42.0 Å². The zero-order chi connectivity index (χ0) is 20.2. The van der Waals surface area contributed by atoms with Crippen molar-refractivity contribution in [3.63, 3.8) is 0 Å². The van der Waals surface area contributed by atoms with Gasteiger partial charge in [-0.05, 0) is 42.3 Å². The zero-order valence-corrected chi connectivity index (χ0v) is 17.0. The zero-order valence-electron chi connectivity index (χ0n) is 15.5. The van der Waals surface area contributed by atoms with E-state index in [9.17, 15) is 4.79 Å². The van der Waals surface area contributed by atoms with Crippen molar-refractivity contribution in [2.75, 3.05) is 6.54 Å². The van der Waals surface area contributed by atoms with Crippen LogP contribution < -0.4 is 5.32 Å². The molecule has 0 aliphatic rings. The van der Waals surface area contributed by atoms with E-state index in [-0.39, 0.29) is 5.91 Å². The van der Waals surface area contributed by atoms with Gasteiger partial charge in [0.2, 0.25) is 0 Å². The highest BCUT2D eigenvalue weighted by atomic mass is 35.5. The minimum atomic E-state index is -0.140. The summed E-state index contributed by atoms with van der Waals surface area (Å²) in [4.78, 5) is 17.7. The van der Waals surface area contributed by atoms with Gasteiger partial charge in [-0.3, -0.25) is 4.79 Å². The number of nitrogens with one attached hydrogen (secondary N) is 1. The molecule has 29 heavy (non-hydrogen) atoms. The molecule has 0 saturated carbocycles. The smallest absolute Gasteiger partial charge is 0.252 e. The van der Waals surface area contributed by atoms with E-state index in [0.29, 0.717) is 34.3 Å². The molecule has 144 valence electrons.